The third kappa shape index (κ3) is 3.61. The van der Waals surface area contributed by atoms with E-state index in [-0.39, 0.29) is 28.1 Å². The number of rotatable bonds is 5. The molecule has 9 heteroatoms. The topological polar surface area (TPSA) is 102 Å². The van der Waals surface area contributed by atoms with E-state index >= 15 is 0 Å². The molecule has 2 aromatic carbocycles. The van der Waals surface area contributed by atoms with Gasteiger partial charge in [0.1, 0.15) is 0 Å². The summed E-state index contributed by atoms with van der Waals surface area (Å²) < 4.78 is 29.7. The summed E-state index contributed by atoms with van der Waals surface area (Å²) in [6.45, 7) is 1.51. The van der Waals surface area contributed by atoms with E-state index in [4.69, 9.17) is 16.0 Å². The number of hydrogen-bond acceptors (Lipinski definition) is 6. The highest BCUT2D eigenvalue weighted by Crippen LogP contribution is 2.27. The van der Waals surface area contributed by atoms with Crippen LogP contribution in [-0.4, -0.2) is 30.3 Å². The molecule has 0 atom stereocenters. The van der Waals surface area contributed by atoms with Crippen molar-refractivity contribution >= 4 is 33.4 Å². The third-order valence-corrected chi connectivity index (χ3v) is 5.71. The van der Waals surface area contributed by atoms with Crippen molar-refractivity contribution in [1.29, 1.82) is 0 Å². The van der Waals surface area contributed by atoms with Crippen molar-refractivity contribution in [1.82, 2.24) is 10.2 Å². The molecule has 3 rings (SSSR count). The van der Waals surface area contributed by atoms with Crippen molar-refractivity contribution in [2.45, 2.75) is 11.8 Å². The van der Waals surface area contributed by atoms with Gasteiger partial charge in [0, 0.05) is 0 Å². The Balaban J connectivity index is 1.88. The molecule has 0 saturated carbocycles. The molecule has 1 heterocycles. The molecule has 1 aromatic heterocycles. The minimum Gasteiger partial charge on any atom is -0.403 e. The molecule has 0 fully saturated rings. The van der Waals surface area contributed by atoms with E-state index < -0.39 is 15.7 Å². The smallest absolute Gasteiger partial charge is 0.322 e. The number of benzene rings is 2. The summed E-state index contributed by atoms with van der Waals surface area (Å²) in [5.74, 6) is -0.638. The van der Waals surface area contributed by atoms with Gasteiger partial charge in [0.15, 0.2) is 9.84 Å². The van der Waals surface area contributed by atoms with Crippen LogP contribution in [-0.2, 0) is 9.84 Å². The quantitative estimate of drug-likeness (QED) is 0.714. The Labute approximate surface area is 154 Å². The summed E-state index contributed by atoms with van der Waals surface area (Å²) in [5, 5.41) is 10.4. The van der Waals surface area contributed by atoms with Gasteiger partial charge in [-0.05, 0) is 24.3 Å². The zero-order valence-corrected chi connectivity index (χ0v) is 15.2. The first-order valence-electron chi connectivity index (χ1n) is 7.64. The van der Waals surface area contributed by atoms with Gasteiger partial charge in [0.25, 0.3) is 11.8 Å². The SMILES string of the molecule is CCS(=O)(=O)c1ccccc1C(=O)Nc1nnc(-c2ccccc2Cl)o1. The lowest BCUT2D eigenvalue weighted by Crippen LogP contribution is -2.17. The van der Waals surface area contributed by atoms with Crippen LogP contribution in [0.1, 0.15) is 17.3 Å². The van der Waals surface area contributed by atoms with E-state index in [0.29, 0.717) is 10.6 Å². The maximum absolute atomic E-state index is 12.5. The zero-order chi connectivity index (χ0) is 18.7. The van der Waals surface area contributed by atoms with Gasteiger partial charge in [0.2, 0.25) is 0 Å². The average molecular weight is 392 g/mol. The standard InChI is InChI=1S/C17H14ClN3O4S/c1-2-26(23,24)14-10-6-4-8-12(14)15(22)19-17-21-20-16(25-17)11-7-3-5-9-13(11)18/h3-10H,2H2,1H3,(H,19,21,22). The molecule has 1 N–H and O–H groups in total. The second-order valence-corrected chi connectivity index (χ2v) is 7.90. The van der Waals surface area contributed by atoms with Crippen LogP contribution in [0.15, 0.2) is 57.8 Å². The van der Waals surface area contributed by atoms with Crippen molar-refractivity contribution in [3.05, 3.63) is 59.1 Å². The number of anilines is 1. The van der Waals surface area contributed by atoms with E-state index in [2.05, 4.69) is 15.5 Å². The number of nitrogens with zero attached hydrogens (tertiary/aromatic N) is 2. The highest BCUT2D eigenvalue weighted by Gasteiger charge is 2.22. The lowest BCUT2D eigenvalue weighted by Gasteiger charge is -2.07. The molecule has 0 aliphatic rings. The summed E-state index contributed by atoms with van der Waals surface area (Å²) in [6.07, 6.45) is 0. The van der Waals surface area contributed by atoms with Crippen molar-refractivity contribution in [3.8, 4) is 11.5 Å². The lowest BCUT2D eigenvalue weighted by atomic mass is 10.2. The molecule has 0 radical (unpaired) electrons. The molecule has 0 aliphatic carbocycles. The summed E-state index contributed by atoms with van der Waals surface area (Å²) in [4.78, 5) is 12.4. The monoisotopic (exact) mass is 391 g/mol. The van der Waals surface area contributed by atoms with Crippen LogP contribution >= 0.6 is 11.6 Å². The Morgan fingerprint density at radius 1 is 1.12 bits per heavy atom. The first-order chi connectivity index (χ1) is 12.4. The van der Waals surface area contributed by atoms with E-state index in [9.17, 15) is 13.2 Å². The molecule has 0 spiro atoms. The third-order valence-electron chi connectivity index (χ3n) is 3.60. The fourth-order valence-corrected chi connectivity index (χ4v) is 3.57. The summed E-state index contributed by atoms with van der Waals surface area (Å²) in [7, 11) is -3.55. The first-order valence-corrected chi connectivity index (χ1v) is 9.67. The maximum atomic E-state index is 12.5. The molecule has 26 heavy (non-hydrogen) atoms. The van der Waals surface area contributed by atoms with Crippen LogP contribution < -0.4 is 5.32 Å². The van der Waals surface area contributed by atoms with Crippen molar-refractivity contribution < 1.29 is 17.6 Å². The second-order valence-electron chi connectivity index (χ2n) is 5.25. The number of halogens is 1. The minimum absolute atomic E-state index is 0.00634. The predicted molar refractivity (Wildman–Crippen MR) is 96.9 cm³/mol. The highest BCUT2D eigenvalue weighted by atomic mass is 35.5. The number of carbonyl (C=O) groups is 1. The van der Waals surface area contributed by atoms with E-state index in [1.54, 1.807) is 36.4 Å². The van der Waals surface area contributed by atoms with E-state index in [1.807, 2.05) is 0 Å². The number of nitrogens with one attached hydrogen (secondary N) is 1. The number of hydrogen-bond donors (Lipinski definition) is 1. The van der Waals surface area contributed by atoms with Gasteiger partial charge < -0.3 is 4.42 Å². The van der Waals surface area contributed by atoms with Crippen molar-refractivity contribution in [3.63, 3.8) is 0 Å². The van der Waals surface area contributed by atoms with E-state index in [0.717, 1.165) is 0 Å². The van der Waals surface area contributed by atoms with Crippen LogP contribution in [0.2, 0.25) is 5.02 Å². The molecular weight excluding hydrogens is 378 g/mol. The Hall–Kier alpha value is -2.71. The van der Waals surface area contributed by atoms with E-state index in [1.165, 1.54) is 19.1 Å². The molecule has 3 aromatic rings. The van der Waals surface area contributed by atoms with Crippen molar-refractivity contribution in [2.75, 3.05) is 11.1 Å². The Morgan fingerprint density at radius 2 is 1.81 bits per heavy atom. The van der Waals surface area contributed by atoms with Gasteiger partial charge in [-0.1, -0.05) is 47.9 Å². The predicted octanol–water partition coefficient (Wildman–Crippen LogP) is 3.44. The first kappa shape index (κ1) is 18.1. The van der Waals surface area contributed by atoms with Gasteiger partial charge >= 0.3 is 6.01 Å². The van der Waals surface area contributed by atoms with Gasteiger partial charge in [-0.2, -0.15) is 0 Å². The summed E-state index contributed by atoms with van der Waals surface area (Å²) in [5.41, 5.74) is 0.531. The molecule has 0 aliphatic heterocycles. The zero-order valence-electron chi connectivity index (χ0n) is 13.6. The van der Waals surface area contributed by atoms with Crippen molar-refractivity contribution in [2.24, 2.45) is 0 Å². The number of carbonyl (C=O) groups excluding carboxylic acids is 1. The molecule has 1 amide bonds. The average Bonchev–Trinajstić information content (AvgIpc) is 3.10. The second kappa shape index (κ2) is 7.27. The summed E-state index contributed by atoms with van der Waals surface area (Å²) in [6, 6.07) is 12.7. The van der Waals surface area contributed by atoms with Crippen LogP contribution in [0, 0.1) is 0 Å². The number of sulfone groups is 1. The largest absolute Gasteiger partial charge is 0.403 e. The molecular formula is C17H14ClN3O4S. The fraction of sp³-hybridized carbons (Fsp3) is 0.118. The minimum atomic E-state index is -3.55. The van der Waals surface area contributed by atoms with Crippen LogP contribution in [0.3, 0.4) is 0 Å². The lowest BCUT2D eigenvalue weighted by molar-refractivity contribution is 0.102. The molecule has 0 unspecified atom stereocenters. The maximum Gasteiger partial charge on any atom is 0.322 e. The molecule has 0 bridgehead atoms. The van der Waals surface area contributed by atoms with Crippen LogP contribution in [0.4, 0.5) is 6.01 Å². The highest BCUT2D eigenvalue weighted by molar-refractivity contribution is 7.91. The van der Waals surface area contributed by atoms with Gasteiger partial charge in [0.05, 0.1) is 26.8 Å². The fourth-order valence-electron chi connectivity index (χ4n) is 2.26. The van der Waals surface area contributed by atoms with Crippen LogP contribution in [0.5, 0.6) is 0 Å². The molecule has 134 valence electrons. The number of amides is 1. The van der Waals surface area contributed by atoms with Gasteiger partial charge in [-0.3, -0.25) is 10.1 Å². The Kier molecular flexibility index (Phi) is 5.06. The Bertz CT molecular complexity index is 1060. The normalized spacial score (nSPS) is 11.3. The summed E-state index contributed by atoms with van der Waals surface area (Å²) >= 11 is 6.07. The molecule has 7 nitrogen and oxygen atoms in total. The van der Waals surface area contributed by atoms with Crippen LogP contribution in [0.25, 0.3) is 11.5 Å². The van der Waals surface area contributed by atoms with Gasteiger partial charge in [-0.15, -0.1) is 5.10 Å². The number of aromatic nitrogens is 2. The van der Waals surface area contributed by atoms with Gasteiger partial charge in [-0.25, -0.2) is 8.42 Å². The molecule has 0 saturated heterocycles. The Morgan fingerprint density at radius 3 is 2.54 bits per heavy atom.